The van der Waals surface area contributed by atoms with Gasteiger partial charge in [0.2, 0.25) is 11.8 Å². The molecule has 2 N–H and O–H groups in total. The number of carbonyl (C=O) groups is 4. The standard InChI is InChI=1S/C53H45N3O7/c1-31-13-19-35(20-14-31)54-56-50(59)44-30-43-41(48(53(44,52(56)61)34-9-5-4-6-10-34)40-26-27-45(57)39-12-8-7-11-38(39)40)24-25-42-47(43)51(60)55(49(42)58)36-21-16-32(17-22-36)15-18-33-29-37(62-2)23-28-46(33)63-3/h4-24,26-29,42-44,47-48,54,57H,25,30H2,1-3H3. The number of imide groups is 2. The average Bonchev–Trinajstić information content (AvgIpc) is 3.70. The molecule has 0 aromatic heterocycles. The maximum atomic E-state index is 15.6. The number of ether oxygens (including phenoxy) is 2. The Labute approximate surface area is 365 Å². The first-order valence-electron chi connectivity index (χ1n) is 21.2. The molecule has 6 aromatic carbocycles. The van der Waals surface area contributed by atoms with E-state index in [2.05, 4.69) is 11.5 Å². The van der Waals surface area contributed by atoms with Gasteiger partial charge in [-0.05, 0) is 96.3 Å². The van der Waals surface area contributed by atoms with Gasteiger partial charge in [0.1, 0.15) is 17.2 Å². The molecule has 314 valence electrons. The van der Waals surface area contributed by atoms with Crippen molar-refractivity contribution in [3.8, 4) is 17.2 Å². The van der Waals surface area contributed by atoms with E-state index in [1.165, 1.54) is 9.91 Å². The third kappa shape index (κ3) is 6.22. The molecule has 10 rings (SSSR count). The van der Waals surface area contributed by atoms with E-state index >= 15 is 9.59 Å². The number of hydrogen-bond acceptors (Lipinski definition) is 8. The van der Waals surface area contributed by atoms with Gasteiger partial charge in [0.25, 0.3) is 11.8 Å². The zero-order valence-electron chi connectivity index (χ0n) is 35.0. The van der Waals surface area contributed by atoms with Crippen molar-refractivity contribution in [2.24, 2.45) is 23.7 Å². The highest BCUT2D eigenvalue weighted by Crippen LogP contribution is 2.65. The van der Waals surface area contributed by atoms with Crippen LogP contribution in [0.5, 0.6) is 17.2 Å². The number of phenolic OH excluding ortho intramolecular Hbond substituents is 1. The highest BCUT2D eigenvalue weighted by atomic mass is 16.5. The molecule has 4 aliphatic rings. The molecule has 10 nitrogen and oxygen atoms in total. The first kappa shape index (κ1) is 39.7. The molecular formula is C53H45N3O7. The summed E-state index contributed by atoms with van der Waals surface area (Å²) in [6.45, 7) is 1.97. The predicted molar refractivity (Wildman–Crippen MR) is 242 cm³/mol. The second kappa shape index (κ2) is 15.5. The summed E-state index contributed by atoms with van der Waals surface area (Å²) in [7, 11) is 3.22. The Bertz CT molecular complexity index is 2890. The predicted octanol–water partition coefficient (Wildman–Crippen LogP) is 9.23. The maximum Gasteiger partial charge on any atom is 0.260 e. The Morgan fingerprint density at radius 2 is 1.46 bits per heavy atom. The molecule has 6 unspecified atom stereocenters. The fourth-order valence-electron chi connectivity index (χ4n) is 10.8. The minimum absolute atomic E-state index is 0.0925. The maximum absolute atomic E-state index is 15.6. The second-order valence-electron chi connectivity index (χ2n) is 16.9. The van der Waals surface area contributed by atoms with Gasteiger partial charge >= 0.3 is 0 Å². The van der Waals surface area contributed by atoms with Crippen LogP contribution in [-0.2, 0) is 24.6 Å². The van der Waals surface area contributed by atoms with Gasteiger partial charge in [-0.15, -0.1) is 0 Å². The number of fused-ring (bicyclic) bond motifs is 5. The van der Waals surface area contributed by atoms with Crippen LogP contribution in [0.25, 0.3) is 22.9 Å². The van der Waals surface area contributed by atoms with E-state index < -0.39 is 46.8 Å². The third-order valence-electron chi connectivity index (χ3n) is 13.7. The summed E-state index contributed by atoms with van der Waals surface area (Å²) in [5.41, 5.74) is 7.79. The van der Waals surface area contributed by atoms with Gasteiger partial charge in [-0.25, -0.2) is 0 Å². The normalized spacial score (nSPS) is 24.0. The van der Waals surface area contributed by atoms with Crippen LogP contribution in [0.3, 0.4) is 0 Å². The number of benzene rings is 6. The number of rotatable bonds is 9. The lowest BCUT2D eigenvalue weighted by molar-refractivity contribution is -0.138. The van der Waals surface area contributed by atoms with Crippen molar-refractivity contribution in [1.82, 2.24) is 5.01 Å². The van der Waals surface area contributed by atoms with Crippen LogP contribution in [0.4, 0.5) is 11.4 Å². The fourth-order valence-corrected chi connectivity index (χ4v) is 10.8. The minimum Gasteiger partial charge on any atom is -0.507 e. The molecule has 1 saturated carbocycles. The van der Waals surface area contributed by atoms with Crippen molar-refractivity contribution in [2.45, 2.75) is 31.1 Å². The van der Waals surface area contributed by atoms with Crippen LogP contribution in [-0.4, -0.2) is 48.0 Å². The summed E-state index contributed by atoms with van der Waals surface area (Å²) in [5, 5.41) is 13.6. The van der Waals surface area contributed by atoms with E-state index in [0.717, 1.165) is 33.2 Å². The number of aryl methyl sites for hydroxylation is 1. The summed E-state index contributed by atoms with van der Waals surface area (Å²) >= 11 is 0. The van der Waals surface area contributed by atoms with Crippen LogP contribution in [0, 0.1) is 30.6 Å². The smallest absolute Gasteiger partial charge is 0.260 e. The Morgan fingerprint density at radius 1 is 0.730 bits per heavy atom. The van der Waals surface area contributed by atoms with Gasteiger partial charge in [0.15, 0.2) is 0 Å². The monoisotopic (exact) mass is 835 g/mol. The number of aromatic hydroxyl groups is 1. The van der Waals surface area contributed by atoms with Crippen LogP contribution < -0.4 is 19.8 Å². The Balaban J connectivity index is 1.07. The molecule has 2 heterocycles. The van der Waals surface area contributed by atoms with E-state index in [0.29, 0.717) is 33.8 Å². The zero-order valence-corrected chi connectivity index (χ0v) is 35.0. The molecule has 63 heavy (non-hydrogen) atoms. The highest BCUT2D eigenvalue weighted by molar-refractivity contribution is 6.22. The van der Waals surface area contributed by atoms with E-state index in [4.69, 9.17) is 9.47 Å². The van der Waals surface area contributed by atoms with E-state index in [1.807, 2.05) is 134 Å². The number of carbonyl (C=O) groups excluding carboxylic acids is 4. The van der Waals surface area contributed by atoms with Gasteiger partial charge in [-0.3, -0.25) is 29.5 Å². The summed E-state index contributed by atoms with van der Waals surface area (Å²) in [4.78, 5) is 61.5. The zero-order chi connectivity index (χ0) is 43.6. The van der Waals surface area contributed by atoms with Gasteiger partial charge < -0.3 is 14.6 Å². The summed E-state index contributed by atoms with van der Waals surface area (Å²) in [6.07, 6.45) is 6.37. The first-order chi connectivity index (χ1) is 30.6. The summed E-state index contributed by atoms with van der Waals surface area (Å²) in [6, 6.07) is 40.8. The quantitative estimate of drug-likeness (QED) is 0.0840. The highest BCUT2D eigenvalue weighted by Gasteiger charge is 2.70. The number of nitrogens with one attached hydrogen (secondary N) is 1. The number of allylic oxidation sites excluding steroid dienone is 2. The summed E-state index contributed by atoms with van der Waals surface area (Å²) < 4.78 is 10.9. The lowest BCUT2D eigenvalue weighted by Crippen LogP contribution is -2.53. The van der Waals surface area contributed by atoms with Gasteiger partial charge in [-0.2, -0.15) is 5.01 Å². The molecule has 6 atom stereocenters. The van der Waals surface area contributed by atoms with Crippen molar-refractivity contribution >= 4 is 57.9 Å². The molecule has 10 heteroatoms. The van der Waals surface area contributed by atoms with Crippen molar-refractivity contribution < 1.29 is 33.8 Å². The molecule has 0 bridgehead atoms. The van der Waals surface area contributed by atoms with E-state index in [9.17, 15) is 14.7 Å². The number of anilines is 2. The first-order valence-corrected chi connectivity index (χ1v) is 21.2. The topological polar surface area (TPSA) is 125 Å². The second-order valence-corrected chi connectivity index (χ2v) is 16.9. The lowest BCUT2D eigenvalue weighted by atomic mass is 9.49. The van der Waals surface area contributed by atoms with Gasteiger partial charge in [0.05, 0.1) is 48.8 Å². The summed E-state index contributed by atoms with van der Waals surface area (Å²) in [5.74, 6) is -3.52. The molecule has 0 radical (unpaired) electrons. The molecule has 6 aromatic rings. The van der Waals surface area contributed by atoms with Crippen molar-refractivity contribution in [3.63, 3.8) is 0 Å². The van der Waals surface area contributed by atoms with Crippen molar-refractivity contribution in [3.05, 3.63) is 173 Å². The molecular weight excluding hydrogens is 791 g/mol. The Morgan fingerprint density at radius 3 is 2.19 bits per heavy atom. The fraction of sp³-hybridized carbons (Fsp3) is 0.208. The largest absolute Gasteiger partial charge is 0.507 e. The number of nitrogens with zero attached hydrogens (tertiary/aromatic N) is 2. The number of hydrogen-bond donors (Lipinski definition) is 2. The minimum atomic E-state index is -1.44. The SMILES string of the molecule is COc1ccc(OC)c(C=Cc2ccc(N3C(=O)C4CC=C5C(CC6C(=O)N(Nc7ccc(C)cc7)C(=O)C6(c6ccccc6)C5c5ccc(O)c6ccccc56)C4C3=O)cc2)c1. The van der Waals surface area contributed by atoms with Crippen molar-refractivity contribution in [1.29, 1.82) is 0 Å². The van der Waals surface area contributed by atoms with Crippen LogP contribution >= 0.6 is 0 Å². The number of hydrazine groups is 1. The molecule has 0 spiro atoms. The molecule has 3 fully saturated rings. The van der Waals surface area contributed by atoms with Gasteiger partial charge in [0, 0.05) is 16.9 Å². The molecule has 2 aliphatic carbocycles. The van der Waals surface area contributed by atoms with Crippen LogP contribution in [0.2, 0.25) is 0 Å². The third-order valence-corrected chi connectivity index (χ3v) is 13.7. The molecule has 2 aliphatic heterocycles. The number of methoxy groups -OCH3 is 2. The van der Waals surface area contributed by atoms with Gasteiger partial charge in [-0.1, -0.05) is 114 Å². The van der Waals surface area contributed by atoms with E-state index in [1.54, 1.807) is 32.4 Å². The average molecular weight is 836 g/mol. The Kier molecular flexibility index (Phi) is 9.74. The Hall–Kier alpha value is -7.46. The molecule has 2 saturated heterocycles. The van der Waals surface area contributed by atoms with E-state index in [-0.39, 0.29) is 30.4 Å². The van der Waals surface area contributed by atoms with Crippen LogP contribution in [0.1, 0.15) is 46.6 Å². The number of phenols is 1. The molecule has 4 amide bonds. The van der Waals surface area contributed by atoms with Crippen LogP contribution in [0.15, 0.2) is 145 Å². The lowest BCUT2D eigenvalue weighted by Gasteiger charge is -2.51. The van der Waals surface area contributed by atoms with Crippen molar-refractivity contribution in [2.75, 3.05) is 24.5 Å². The number of amides is 4.